The van der Waals surface area contributed by atoms with Gasteiger partial charge < -0.3 is 19.0 Å². The normalized spacial score (nSPS) is 18.5. The predicted molar refractivity (Wildman–Crippen MR) is 102 cm³/mol. The summed E-state index contributed by atoms with van der Waals surface area (Å²) in [6.07, 6.45) is 9.66. The summed E-state index contributed by atoms with van der Waals surface area (Å²) in [6, 6.07) is 0. The van der Waals surface area contributed by atoms with Gasteiger partial charge in [0.25, 0.3) is 0 Å². The predicted octanol–water partition coefficient (Wildman–Crippen LogP) is 4.32. The van der Waals surface area contributed by atoms with Gasteiger partial charge in [-0.25, -0.2) is 0 Å². The van der Waals surface area contributed by atoms with Crippen LogP contribution in [0, 0.1) is 11.8 Å². The Labute approximate surface area is 159 Å². The van der Waals surface area contributed by atoms with E-state index in [4.69, 9.17) is 14.2 Å². The third-order valence-electron chi connectivity index (χ3n) is 5.10. The van der Waals surface area contributed by atoms with Gasteiger partial charge in [0.2, 0.25) is 0 Å². The van der Waals surface area contributed by atoms with Crippen LogP contribution in [0.3, 0.4) is 0 Å². The van der Waals surface area contributed by atoms with E-state index in [0.29, 0.717) is 37.1 Å². The van der Waals surface area contributed by atoms with Crippen molar-refractivity contribution in [2.45, 2.75) is 78.1 Å². The molecule has 1 aliphatic rings. The van der Waals surface area contributed by atoms with E-state index in [1.54, 1.807) is 6.92 Å². The lowest BCUT2D eigenvalue weighted by Crippen LogP contribution is -2.21. The van der Waals surface area contributed by atoms with Crippen molar-refractivity contribution in [3.8, 4) is 0 Å². The maximum absolute atomic E-state index is 11.0. The van der Waals surface area contributed by atoms with Gasteiger partial charge in [-0.2, -0.15) is 0 Å². The van der Waals surface area contributed by atoms with Gasteiger partial charge in [-0.15, -0.1) is 0 Å². The van der Waals surface area contributed by atoms with Gasteiger partial charge in [-0.05, 0) is 63.7 Å². The van der Waals surface area contributed by atoms with Crippen molar-refractivity contribution in [2.75, 3.05) is 33.0 Å². The Balaban J connectivity index is 1.81. The minimum atomic E-state index is -0.0567. The highest BCUT2D eigenvalue weighted by Gasteiger charge is 2.19. The Bertz CT molecular complexity index is 373. The van der Waals surface area contributed by atoms with Crippen LogP contribution in [0.5, 0.6) is 0 Å². The lowest BCUT2D eigenvalue weighted by Gasteiger charge is -2.21. The molecule has 0 aliphatic carbocycles. The number of hydrogen-bond acceptors (Lipinski definition) is 5. The Kier molecular flexibility index (Phi) is 13.5. The molecule has 0 aromatic carbocycles. The fourth-order valence-corrected chi connectivity index (χ4v) is 3.29. The number of ketones is 1. The first-order valence-electron chi connectivity index (χ1n) is 10.4. The Hall–Kier alpha value is -0.940. The van der Waals surface area contributed by atoms with Gasteiger partial charge in [0, 0.05) is 39.3 Å². The van der Waals surface area contributed by atoms with Gasteiger partial charge in [0.15, 0.2) is 0 Å². The van der Waals surface area contributed by atoms with E-state index < -0.39 is 0 Å². The first-order valence-corrected chi connectivity index (χ1v) is 10.4. The molecule has 0 N–H and O–H groups in total. The van der Waals surface area contributed by atoms with Crippen molar-refractivity contribution >= 4 is 11.8 Å². The summed E-state index contributed by atoms with van der Waals surface area (Å²) < 4.78 is 16.4. The molecule has 0 amide bonds. The van der Waals surface area contributed by atoms with E-state index in [9.17, 15) is 9.59 Å². The summed E-state index contributed by atoms with van der Waals surface area (Å²) in [7, 11) is 0. The average Bonchev–Trinajstić information content (AvgIpc) is 2.63. The van der Waals surface area contributed by atoms with Gasteiger partial charge in [0.1, 0.15) is 5.78 Å². The van der Waals surface area contributed by atoms with Crippen molar-refractivity contribution in [1.82, 2.24) is 0 Å². The summed E-state index contributed by atoms with van der Waals surface area (Å²) in [5.41, 5.74) is 0. The SMILES string of the molecule is CCC(CCCOCCCOCCCC1CCC(=O)OC1)CCC(C)=O. The molecule has 26 heavy (non-hydrogen) atoms. The highest BCUT2D eigenvalue weighted by molar-refractivity contribution is 5.75. The molecule has 0 spiro atoms. The Morgan fingerprint density at radius 2 is 1.81 bits per heavy atom. The molecule has 0 saturated carbocycles. The van der Waals surface area contributed by atoms with Gasteiger partial charge in [0.05, 0.1) is 6.61 Å². The molecule has 152 valence electrons. The lowest BCUT2D eigenvalue weighted by atomic mass is 9.94. The minimum Gasteiger partial charge on any atom is -0.465 e. The van der Waals surface area contributed by atoms with Gasteiger partial charge in [-0.3, -0.25) is 4.79 Å². The summed E-state index contributed by atoms with van der Waals surface area (Å²) in [6.45, 7) is 7.53. The quantitative estimate of drug-likeness (QED) is 0.299. The number of rotatable bonds is 16. The molecule has 0 aromatic rings. The van der Waals surface area contributed by atoms with Crippen LogP contribution >= 0.6 is 0 Å². The fraction of sp³-hybridized carbons (Fsp3) is 0.905. The molecule has 0 radical (unpaired) electrons. The second kappa shape index (κ2) is 15.2. The van der Waals surface area contributed by atoms with Crippen LogP contribution in [0.4, 0.5) is 0 Å². The molecule has 5 heteroatoms. The second-order valence-electron chi connectivity index (χ2n) is 7.47. The number of carbonyl (C=O) groups is 2. The fourth-order valence-electron chi connectivity index (χ4n) is 3.29. The molecular weight excluding hydrogens is 332 g/mol. The highest BCUT2D eigenvalue weighted by atomic mass is 16.5. The minimum absolute atomic E-state index is 0.0567. The van der Waals surface area contributed by atoms with Crippen molar-refractivity contribution < 1.29 is 23.8 Å². The summed E-state index contributed by atoms with van der Waals surface area (Å²) in [5, 5.41) is 0. The number of cyclic esters (lactones) is 1. The van der Waals surface area contributed by atoms with E-state index in [-0.39, 0.29) is 5.97 Å². The van der Waals surface area contributed by atoms with Crippen LogP contribution in [-0.4, -0.2) is 44.8 Å². The smallest absolute Gasteiger partial charge is 0.305 e. The maximum atomic E-state index is 11.0. The molecule has 1 rings (SSSR count). The zero-order valence-electron chi connectivity index (χ0n) is 16.8. The number of ether oxygens (including phenoxy) is 3. The summed E-state index contributed by atoms with van der Waals surface area (Å²) >= 11 is 0. The van der Waals surface area contributed by atoms with Crippen LogP contribution in [0.1, 0.15) is 78.1 Å². The van der Waals surface area contributed by atoms with E-state index in [1.165, 1.54) is 0 Å². The zero-order chi connectivity index (χ0) is 19.0. The largest absolute Gasteiger partial charge is 0.465 e. The monoisotopic (exact) mass is 370 g/mol. The summed E-state index contributed by atoms with van der Waals surface area (Å²) in [5.74, 6) is 1.40. The maximum Gasteiger partial charge on any atom is 0.305 e. The third-order valence-corrected chi connectivity index (χ3v) is 5.10. The number of esters is 1. The molecule has 1 saturated heterocycles. The van der Waals surface area contributed by atoms with Crippen LogP contribution in [0.15, 0.2) is 0 Å². The molecule has 2 unspecified atom stereocenters. The summed E-state index contributed by atoms with van der Waals surface area (Å²) in [4.78, 5) is 22.0. The van der Waals surface area contributed by atoms with Crippen LogP contribution < -0.4 is 0 Å². The van der Waals surface area contributed by atoms with Crippen molar-refractivity contribution in [2.24, 2.45) is 11.8 Å². The third kappa shape index (κ3) is 12.4. The first kappa shape index (κ1) is 23.1. The van der Waals surface area contributed by atoms with Crippen molar-refractivity contribution in [1.29, 1.82) is 0 Å². The molecule has 1 fully saturated rings. The van der Waals surface area contributed by atoms with E-state index in [2.05, 4.69) is 6.92 Å². The first-order chi connectivity index (χ1) is 12.6. The lowest BCUT2D eigenvalue weighted by molar-refractivity contribution is -0.149. The molecule has 1 heterocycles. The van der Waals surface area contributed by atoms with Gasteiger partial charge >= 0.3 is 5.97 Å². The molecule has 2 atom stereocenters. The molecular formula is C21H38O5. The van der Waals surface area contributed by atoms with Crippen LogP contribution in [0.25, 0.3) is 0 Å². The van der Waals surface area contributed by atoms with Crippen LogP contribution in [0.2, 0.25) is 0 Å². The van der Waals surface area contributed by atoms with E-state index in [1.807, 2.05) is 0 Å². The van der Waals surface area contributed by atoms with Crippen molar-refractivity contribution in [3.63, 3.8) is 0 Å². The Morgan fingerprint density at radius 3 is 2.42 bits per heavy atom. The molecule has 0 aromatic heterocycles. The van der Waals surface area contributed by atoms with Crippen LogP contribution in [-0.2, 0) is 23.8 Å². The van der Waals surface area contributed by atoms with Gasteiger partial charge in [-0.1, -0.05) is 13.3 Å². The standard InChI is InChI=1S/C21H38O5/c1-3-19(10-9-18(2)22)7-4-13-24-15-6-16-25-14-5-8-20-11-12-21(23)26-17-20/h19-20H,3-17H2,1-2H3. The zero-order valence-corrected chi connectivity index (χ0v) is 16.8. The topological polar surface area (TPSA) is 61.8 Å². The second-order valence-corrected chi connectivity index (χ2v) is 7.47. The Morgan fingerprint density at radius 1 is 1.12 bits per heavy atom. The number of carbonyl (C=O) groups excluding carboxylic acids is 2. The highest BCUT2D eigenvalue weighted by Crippen LogP contribution is 2.19. The number of Topliss-reactive ketones (excluding diaryl/α,β-unsaturated/α-hetero) is 1. The van der Waals surface area contributed by atoms with Crippen molar-refractivity contribution in [3.05, 3.63) is 0 Å². The molecule has 1 aliphatic heterocycles. The molecule has 5 nitrogen and oxygen atoms in total. The average molecular weight is 371 g/mol. The molecule has 0 bridgehead atoms. The van der Waals surface area contributed by atoms with E-state index in [0.717, 1.165) is 77.8 Å². The number of hydrogen-bond donors (Lipinski definition) is 0. The van der Waals surface area contributed by atoms with E-state index >= 15 is 0 Å².